The van der Waals surface area contributed by atoms with Gasteiger partial charge in [0.25, 0.3) is 10.0 Å². The van der Waals surface area contributed by atoms with Crippen LogP contribution in [0.4, 0.5) is 17.2 Å². The zero-order valence-corrected chi connectivity index (χ0v) is 17.1. The molecule has 3 aromatic rings. The van der Waals surface area contributed by atoms with Crippen molar-refractivity contribution in [3.05, 3.63) is 71.4 Å². The second-order valence-corrected chi connectivity index (χ2v) is 8.22. The van der Waals surface area contributed by atoms with Gasteiger partial charge in [0, 0.05) is 5.69 Å². The molecule has 0 radical (unpaired) electrons. The molecule has 1 heterocycles. The molecular weight excluding hydrogens is 374 g/mol. The Morgan fingerprint density at radius 2 is 1.64 bits per heavy atom. The standard InChI is InChI=1S/C21H23N3O3S/c1-14-7-5-6-8-18(14)23-17-9-10-21(22-13-17)24-28(25,26)20-12-16(3)15(2)11-19(20)27-4/h5-13,23H,1-4H3,(H,22,24). The summed E-state index contributed by atoms with van der Waals surface area (Å²) in [4.78, 5) is 4.30. The third kappa shape index (κ3) is 4.26. The lowest BCUT2D eigenvalue weighted by Gasteiger charge is -2.14. The van der Waals surface area contributed by atoms with E-state index < -0.39 is 10.0 Å². The van der Waals surface area contributed by atoms with Gasteiger partial charge in [-0.3, -0.25) is 4.72 Å². The maximum atomic E-state index is 12.8. The number of benzene rings is 2. The van der Waals surface area contributed by atoms with E-state index >= 15 is 0 Å². The molecule has 0 saturated carbocycles. The highest BCUT2D eigenvalue weighted by Crippen LogP contribution is 2.29. The molecule has 0 amide bonds. The lowest BCUT2D eigenvalue weighted by Crippen LogP contribution is -2.15. The van der Waals surface area contributed by atoms with Gasteiger partial charge in [-0.15, -0.1) is 0 Å². The summed E-state index contributed by atoms with van der Waals surface area (Å²) in [6.45, 7) is 5.77. The number of pyridine rings is 1. The van der Waals surface area contributed by atoms with E-state index in [4.69, 9.17) is 4.74 Å². The zero-order chi connectivity index (χ0) is 20.3. The molecule has 2 N–H and O–H groups in total. The van der Waals surface area contributed by atoms with Crippen LogP contribution in [0.2, 0.25) is 0 Å². The third-order valence-electron chi connectivity index (χ3n) is 4.50. The maximum absolute atomic E-state index is 12.8. The number of hydrogen-bond acceptors (Lipinski definition) is 5. The zero-order valence-electron chi connectivity index (χ0n) is 16.3. The Balaban J connectivity index is 1.82. The Morgan fingerprint density at radius 3 is 2.29 bits per heavy atom. The second kappa shape index (κ2) is 7.90. The predicted octanol–water partition coefficient (Wildman–Crippen LogP) is 4.56. The molecule has 28 heavy (non-hydrogen) atoms. The molecule has 0 saturated heterocycles. The van der Waals surface area contributed by atoms with Crippen molar-refractivity contribution in [2.45, 2.75) is 25.7 Å². The summed E-state index contributed by atoms with van der Waals surface area (Å²) in [5.74, 6) is 0.532. The topological polar surface area (TPSA) is 80.3 Å². The molecule has 0 aliphatic rings. The fraction of sp³-hybridized carbons (Fsp3) is 0.190. The number of nitrogens with one attached hydrogen (secondary N) is 2. The van der Waals surface area contributed by atoms with Crippen LogP contribution in [0, 0.1) is 20.8 Å². The minimum Gasteiger partial charge on any atom is -0.495 e. The molecule has 6 nitrogen and oxygen atoms in total. The molecule has 0 aliphatic carbocycles. The summed E-state index contributed by atoms with van der Waals surface area (Å²) >= 11 is 0. The molecule has 2 aromatic carbocycles. The highest BCUT2D eigenvalue weighted by molar-refractivity contribution is 7.92. The first-order valence-corrected chi connectivity index (χ1v) is 10.3. The number of methoxy groups -OCH3 is 1. The van der Waals surface area contributed by atoms with Gasteiger partial charge in [0.15, 0.2) is 0 Å². The van der Waals surface area contributed by atoms with Crippen molar-refractivity contribution in [2.75, 3.05) is 17.1 Å². The normalized spacial score (nSPS) is 11.1. The van der Waals surface area contributed by atoms with Gasteiger partial charge < -0.3 is 10.1 Å². The molecule has 0 fully saturated rings. The van der Waals surface area contributed by atoms with Crippen LogP contribution in [0.1, 0.15) is 16.7 Å². The van der Waals surface area contributed by atoms with E-state index in [0.717, 1.165) is 28.1 Å². The lowest BCUT2D eigenvalue weighted by atomic mass is 10.1. The fourth-order valence-electron chi connectivity index (χ4n) is 2.72. The van der Waals surface area contributed by atoms with Gasteiger partial charge in [0.1, 0.15) is 16.5 Å². The van der Waals surface area contributed by atoms with E-state index in [-0.39, 0.29) is 10.7 Å². The lowest BCUT2D eigenvalue weighted by molar-refractivity contribution is 0.402. The van der Waals surface area contributed by atoms with Crippen LogP contribution in [0.5, 0.6) is 5.75 Å². The molecule has 7 heteroatoms. The monoisotopic (exact) mass is 397 g/mol. The average Bonchev–Trinajstić information content (AvgIpc) is 2.66. The smallest absolute Gasteiger partial charge is 0.266 e. The first-order valence-electron chi connectivity index (χ1n) is 8.77. The first-order chi connectivity index (χ1) is 13.3. The number of ether oxygens (including phenoxy) is 1. The Labute approximate surface area is 165 Å². The summed E-state index contributed by atoms with van der Waals surface area (Å²) in [7, 11) is -2.38. The summed E-state index contributed by atoms with van der Waals surface area (Å²) in [5, 5.41) is 3.27. The van der Waals surface area contributed by atoms with Gasteiger partial charge in [-0.25, -0.2) is 13.4 Å². The van der Waals surface area contributed by atoms with E-state index in [0.29, 0.717) is 5.75 Å². The average molecular weight is 398 g/mol. The molecule has 0 atom stereocenters. The van der Waals surface area contributed by atoms with Crippen LogP contribution in [0.25, 0.3) is 0 Å². The molecule has 0 bridgehead atoms. The molecular formula is C21H23N3O3S. The second-order valence-electron chi connectivity index (χ2n) is 6.56. The minimum atomic E-state index is -3.83. The molecule has 1 aromatic heterocycles. The number of nitrogens with zero attached hydrogens (tertiary/aromatic N) is 1. The third-order valence-corrected chi connectivity index (χ3v) is 5.87. The van der Waals surface area contributed by atoms with E-state index in [2.05, 4.69) is 15.0 Å². The SMILES string of the molecule is COc1cc(C)c(C)cc1S(=O)(=O)Nc1ccc(Nc2ccccc2C)cn1. The predicted molar refractivity (Wildman–Crippen MR) is 112 cm³/mol. The van der Waals surface area contributed by atoms with Crippen LogP contribution in [-0.2, 0) is 10.0 Å². The molecule has 0 unspecified atom stereocenters. The van der Waals surface area contributed by atoms with Crippen molar-refractivity contribution in [3.8, 4) is 5.75 Å². The summed E-state index contributed by atoms with van der Waals surface area (Å²) in [5.41, 5.74) is 4.67. The van der Waals surface area contributed by atoms with Crippen molar-refractivity contribution < 1.29 is 13.2 Å². The van der Waals surface area contributed by atoms with E-state index in [1.54, 1.807) is 30.5 Å². The van der Waals surface area contributed by atoms with Gasteiger partial charge in [0.05, 0.1) is 19.0 Å². The van der Waals surface area contributed by atoms with Crippen molar-refractivity contribution >= 4 is 27.2 Å². The van der Waals surface area contributed by atoms with Gasteiger partial charge in [0.2, 0.25) is 0 Å². The summed E-state index contributed by atoms with van der Waals surface area (Å²) in [6.07, 6.45) is 1.59. The number of anilines is 3. The van der Waals surface area contributed by atoms with Gasteiger partial charge >= 0.3 is 0 Å². The van der Waals surface area contributed by atoms with E-state index in [9.17, 15) is 8.42 Å². The van der Waals surface area contributed by atoms with Crippen molar-refractivity contribution in [1.29, 1.82) is 0 Å². The molecule has 0 spiro atoms. The quantitative estimate of drug-likeness (QED) is 0.637. The Hall–Kier alpha value is -3.06. The Morgan fingerprint density at radius 1 is 0.929 bits per heavy atom. The first kappa shape index (κ1) is 19.7. The van der Waals surface area contributed by atoms with E-state index in [1.807, 2.05) is 45.0 Å². The Kier molecular flexibility index (Phi) is 5.56. The number of rotatable bonds is 6. The fourth-order valence-corrected chi connectivity index (χ4v) is 3.97. The highest BCUT2D eigenvalue weighted by atomic mass is 32.2. The van der Waals surface area contributed by atoms with E-state index in [1.165, 1.54) is 7.11 Å². The van der Waals surface area contributed by atoms with Crippen LogP contribution in [-0.4, -0.2) is 20.5 Å². The summed E-state index contributed by atoms with van der Waals surface area (Å²) in [6, 6.07) is 14.6. The maximum Gasteiger partial charge on any atom is 0.266 e. The largest absolute Gasteiger partial charge is 0.495 e. The van der Waals surface area contributed by atoms with Crippen molar-refractivity contribution in [2.24, 2.45) is 0 Å². The van der Waals surface area contributed by atoms with Gasteiger partial charge in [-0.1, -0.05) is 18.2 Å². The van der Waals surface area contributed by atoms with Crippen molar-refractivity contribution in [1.82, 2.24) is 4.98 Å². The molecule has 0 aliphatic heterocycles. The molecule has 146 valence electrons. The minimum absolute atomic E-state index is 0.0852. The number of aryl methyl sites for hydroxylation is 3. The van der Waals surface area contributed by atoms with Crippen LogP contribution in [0.15, 0.2) is 59.6 Å². The number of sulfonamides is 1. The van der Waals surface area contributed by atoms with Crippen LogP contribution < -0.4 is 14.8 Å². The highest BCUT2D eigenvalue weighted by Gasteiger charge is 2.21. The Bertz CT molecular complexity index is 1090. The van der Waals surface area contributed by atoms with Gasteiger partial charge in [-0.05, 0) is 67.8 Å². The van der Waals surface area contributed by atoms with Crippen LogP contribution >= 0.6 is 0 Å². The van der Waals surface area contributed by atoms with Gasteiger partial charge in [-0.2, -0.15) is 0 Å². The molecule has 3 rings (SSSR count). The summed E-state index contributed by atoms with van der Waals surface area (Å²) < 4.78 is 33.4. The number of aromatic nitrogens is 1. The van der Waals surface area contributed by atoms with Crippen LogP contribution in [0.3, 0.4) is 0 Å². The number of hydrogen-bond donors (Lipinski definition) is 2. The van der Waals surface area contributed by atoms with Crippen molar-refractivity contribution in [3.63, 3.8) is 0 Å². The number of para-hydroxylation sites is 1.